The molecule has 0 radical (unpaired) electrons. The summed E-state index contributed by atoms with van der Waals surface area (Å²) in [6.07, 6.45) is 11.7. The van der Waals surface area contributed by atoms with Gasteiger partial charge in [-0.2, -0.15) is 0 Å². The van der Waals surface area contributed by atoms with E-state index >= 15 is 0 Å². The van der Waals surface area contributed by atoms with Crippen molar-refractivity contribution < 1.29 is 9.90 Å². The largest absolute Gasteiger partial charge is 0.478 e. The summed E-state index contributed by atoms with van der Waals surface area (Å²) in [7, 11) is 0. The van der Waals surface area contributed by atoms with Gasteiger partial charge in [-0.3, -0.25) is 0 Å². The van der Waals surface area contributed by atoms with Gasteiger partial charge in [0, 0.05) is 17.2 Å². The Balaban J connectivity index is 2.20. The monoisotopic (exact) mass is 356 g/mol. The van der Waals surface area contributed by atoms with Crippen molar-refractivity contribution in [1.82, 2.24) is 4.98 Å². The molecule has 1 heterocycles. The van der Waals surface area contributed by atoms with E-state index in [-0.39, 0.29) is 5.56 Å². The summed E-state index contributed by atoms with van der Waals surface area (Å²) in [6, 6.07) is 1.57. The van der Waals surface area contributed by atoms with Crippen molar-refractivity contribution in [3.05, 3.63) is 22.3 Å². The number of hydrogen-bond acceptors (Lipinski definition) is 3. The van der Waals surface area contributed by atoms with Crippen LogP contribution in [0, 0.1) is 0 Å². The highest BCUT2D eigenvalue weighted by Gasteiger charge is 2.11. The summed E-state index contributed by atoms with van der Waals surface area (Å²) in [5.74, 6) is -0.504. The van der Waals surface area contributed by atoms with E-state index in [1.807, 2.05) is 0 Å². The van der Waals surface area contributed by atoms with Crippen molar-refractivity contribution in [2.24, 2.45) is 0 Å². The number of carboxylic acids is 1. The summed E-state index contributed by atoms with van der Waals surface area (Å²) in [5.41, 5.74) is 0.212. The van der Waals surface area contributed by atoms with Crippen LogP contribution in [0.1, 0.15) is 68.6 Å². The van der Waals surface area contributed by atoms with Crippen molar-refractivity contribution in [1.29, 1.82) is 0 Å². The second kappa shape index (κ2) is 10.6. The minimum Gasteiger partial charge on any atom is -0.478 e. The lowest BCUT2D eigenvalue weighted by Crippen LogP contribution is -2.09. The number of anilines is 1. The zero-order valence-electron chi connectivity index (χ0n) is 12.7. The molecule has 0 bridgehead atoms. The van der Waals surface area contributed by atoms with Crippen LogP contribution in [-0.2, 0) is 0 Å². The molecule has 1 rings (SSSR count). The Kier molecular flexibility index (Phi) is 9.06. The molecule has 0 spiro atoms. The van der Waals surface area contributed by atoms with Crippen molar-refractivity contribution in [2.45, 2.75) is 58.3 Å². The molecule has 0 amide bonds. The number of nitrogens with one attached hydrogen (secondary N) is 1. The van der Waals surface area contributed by atoms with Crippen LogP contribution in [0.25, 0.3) is 0 Å². The molecule has 2 N–H and O–H groups in total. The fourth-order valence-corrected chi connectivity index (χ4v) is 2.54. The third-order valence-corrected chi connectivity index (χ3v) is 3.84. The zero-order chi connectivity index (χ0) is 15.5. The second-order valence-electron chi connectivity index (χ2n) is 5.26. The van der Waals surface area contributed by atoms with E-state index in [0.29, 0.717) is 10.3 Å². The molecule has 0 saturated heterocycles. The Morgan fingerprint density at radius 2 is 1.81 bits per heavy atom. The number of halogens is 1. The lowest BCUT2D eigenvalue weighted by Gasteiger charge is -2.08. The predicted octanol–water partition coefficient (Wildman–Crippen LogP) is 5.09. The first kappa shape index (κ1) is 18.0. The zero-order valence-corrected chi connectivity index (χ0v) is 14.3. The quantitative estimate of drug-likeness (QED) is 0.541. The molecule has 0 aromatic carbocycles. The third kappa shape index (κ3) is 7.46. The van der Waals surface area contributed by atoms with Crippen LogP contribution in [0.15, 0.2) is 16.7 Å². The van der Waals surface area contributed by atoms with Gasteiger partial charge in [-0.05, 0) is 28.4 Å². The highest BCUT2D eigenvalue weighted by atomic mass is 79.9. The van der Waals surface area contributed by atoms with Crippen LogP contribution >= 0.6 is 15.9 Å². The van der Waals surface area contributed by atoms with E-state index in [2.05, 4.69) is 33.2 Å². The molecule has 1 aromatic rings. The average molecular weight is 357 g/mol. The summed E-state index contributed by atoms with van der Waals surface area (Å²) in [5, 5.41) is 12.3. The number of aromatic carboxylic acids is 1. The molecule has 0 saturated carbocycles. The first-order valence-electron chi connectivity index (χ1n) is 7.78. The van der Waals surface area contributed by atoms with E-state index < -0.39 is 5.97 Å². The molecule has 5 heteroatoms. The van der Waals surface area contributed by atoms with Gasteiger partial charge in [0.1, 0.15) is 11.4 Å². The topological polar surface area (TPSA) is 62.2 Å². The second-order valence-corrected chi connectivity index (χ2v) is 6.17. The number of carbonyl (C=O) groups is 1. The summed E-state index contributed by atoms with van der Waals surface area (Å²) in [6.45, 7) is 3.00. The molecule has 1 aromatic heterocycles. The third-order valence-electron chi connectivity index (χ3n) is 3.41. The number of rotatable bonds is 11. The Morgan fingerprint density at radius 3 is 2.43 bits per heavy atom. The Hall–Kier alpha value is -1.10. The number of hydrogen-bond donors (Lipinski definition) is 2. The first-order chi connectivity index (χ1) is 10.1. The maximum atomic E-state index is 11.1. The predicted molar refractivity (Wildman–Crippen MR) is 90.0 cm³/mol. The number of unbranched alkanes of at least 4 members (excludes halogenated alkanes) is 7. The minimum absolute atomic E-state index is 0.212. The standard InChI is InChI=1S/C16H25BrN2O2/c1-2-3-4-5-6-7-8-9-10-18-15-14(16(20)21)11-13(17)12-19-15/h11-12H,2-10H2,1H3,(H,18,19)(H,20,21). The number of aromatic nitrogens is 1. The van der Waals surface area contributed by atoms with Crippen molar-refractivity contribution >= 4 is 27.7 Å². The van der Waals surface area contributed by atoms with Crippen LogP contribution in [0.3, 0.4) is 0 Å². The Morgan fingerprint density at radius 1 is 1.19 bits per heavy atom. The van der Waals surface area contributed by atoms with Crippen LogP contribution in [-0.4, -0.2) is 22.6 Å². The minimum atomic E-state index is -0.956. The SMILES string of the molecule is CCCCCCCCCCNc1ncc(Br)cc1C(=O)O. The van der Waals surface area contributed by atoms with Crippen molar-refractivity contribution in [3.63, 3.8) is 0 Å². The molecule has 0 aliphatic carbocycles. The molecular formula is C16H25BrN2O2. The lowest BCUT2D eigenvalue weighted by molar-refractivity contribution is 0.0697. The van der Waals surface area contributed by atoms with Gasteiger partial charge in [-0.1, -0.05) is 51.9 Å². The van der Waals surface area contributed by atoms with Gasteiger partial charge in [-0.25, -0.2) is 9.78 Å². The molecule has 0 atom stereocenters. The van der Waals surface area contributed by atoms with Crippen LogP contribution in [0.2, 0.25) is 0 Å². The molecule has 21 heavy (non-hydrogen) atoms. The Labute approximate surface area is 135 Å². The molecule has 0 unspecified atom stereocenters. The van der Waals surface area contributed by atoms with Crippen molar-refractivity contribution in [2.75, 3.05) is 11.9 Å². The molecular weight excluding hydrogens is 332 g/mol. The molecule has 4 nitrogen and oxygen atoms in total. The fraction of sp³-hybridized carbons (Fsp3) is 0.625. The first-order valence-corrected chi connectivity index (χ1v) is 8.57. The maximum Gasteiger partial charge on any atom is 0.339 e. The van der Waals surface area contributed by atoms with E-state index in [0.717, 1.165) is 13.0 Å². The van der Waals surface area contributed by atoms with Gasteiger partial charge in [0.15, 0.2) is 0 Å². The lowest BCUT2D eigenvalue weighted by atomic mass is 10.1. The van der Waals surface area contributed by atoms with Gasteiger partial charge in [-0.15, -0.1) is 0 Å². The number of pyridine rings is 1. The molecule has 0 aliphatic rings. The number of nitrogens with zero attached hydrogens (tertiary/aromatic N) is 1. The van der Waals surface area contributed by atoms with Crippen LogP contribution < -0.4 is 5.32 Å². The van der Waals surface area contributed by atoms with E-state index in [1.165, 1.54) is 44.9 Å². The molecule has 0 fully saturated rings. The van der Waals surface area contributed by atoms with Crippen LogP contribution in [0.5, 0.6) is 0 Å². The number of carboxylic acid groups (broad SMARTS) is 1. The van der Waals surface area contributed by atoms with E-state index in [9.17, 15) is 4.79 Å². The molecule has 0 aliphatic heterocycles. The van der Waals surface area contributed by atoms with Crippen molar-refractivity contribution in [3.8, 4) is 0 Å². The fourth-order valence-electron chi connectivity index (χ4n) is 2.21. The summed E-state index contributed by atoms with van der Waals surface area (Å²) < 4.78 is 0.678. The average Bonchev–Trinajstić information content (AvgIpc) is 2.46. The highest BCUT2D eigenvalue weighted by Crippen LogP contribution is 2.18. The maximum absolute atomic E-state index is 11.1. The normalized spacial score (nSPS) is 10.6. The van der Waals surface area contributed by atoms with Crippen LogP contribution in [0.4, 0.5) is 5.82 Å². The van der Waals surface area contributed by atoms with E-state index in [1.54, 1.807) is 12.3 Å². The van der Waals surface area contributed by atoms with Gasteiger partial charge in [0.05, 0.1) is 0 Å². The van der Waals surface area contributed by atoms with Gasteiger partial charge in [0.2, 0.25) is 0 Å². The van der Waals surface area contributed by atoms with Gasteiger partial charge < -0.3 is 10.4 Å². The van der Waals surface area contributed by atoms with Gasteiger partial charge >= 0.3 is 5.97 Å². The Bertz CT molecular complexity index is 438. The van der Waals surface area contributed by atoms with E-state index in [4.69, 9.17) is 5.11 Å². The molecule has 118 valence electrons. The highest BCUT2D eigenvalue weighted by molar-refractivity contribution is 9.10. The smallest absolute Gasteiger partial charge is 0.339 e. The van der Waals surface area contributed by atoms with Gasteiger partial charge in [0.25, 0.3) is 0 Å². The summed E-state index contributed by atoms with van der Waals surface area (Å²) >= 11 is 3.24. The summed E-state index contributed by atoms with van der Waals surface area (Å²) in [4.78, 5) is 15.3.